The van der Waals surface area contributed by atoms with Crippen molar-refractivity contribution in [2.24, 2.45) is 0 Å². The largest absolute Gasteiger partial charge is 0.481 e. The summed E-state index contributed by atoms with van der Waals surface area (Å²) < 4.78 is 20.6. The number of halogens is 1. The maximum Gasteiger partial charge on any atom is 0.218 e. The Morgan fingerprint density at radius 1 is 1.17 bits per heavy atom. The SMILES string of the molecule is COc1ncc(F)cc1[C@@H](C)Nc1ccc2ncc(-c3cc(CCO)ncn3)n2n1. The third-order valence-corrected chi connectivity index (χ3v) is 4.59. The van der Waals surface area contributed by atoms with Crippen LogP contribution < -0.4 is 10.1 Å². The van der Waals surface area contributed by atoms with E-state index in [0.29, 0.717) is 40.7 Å². The predicted molar refractivity (Wildman–Crippen MR) is 108 cm³/mol. The van der Waals surface area contributed by atoms with Gasteiger partial charge >= 0.3 is 0 Å². The predicted octanol–water partition coefficient (Wildman–Crippen LogP) is 2.44. The molecule has 30 heavy (non-hydrogen) atoms. The molecule has 0 aliphatic rings. The van der Waals surface area contributed by atoms with Gasteiger partial charge in [-0.3, -0.25) is 0 Å². The highest BCUT2D eigenvalue weighted by atomic mass is 19.1. The van der Waals surface area contributed by atoms with Crippen molar-refractivity contribution >= 4 is 11.5 Å². The zero-order valence-electron chi connectivity index (χ0n) is 16.4. The van der Waals surface area contributed by atoms with Gasteiger partial charge in [-0.1, -0.05) is 0 Å². The molecule has 4 rings (SSSR count). The van der Waals surface area contributed by atoms with E-state index in [1.165, 1.54) is 19.5 Å². The zero-order chi connectivity index (χ0) is 21.1. The number of hydrogen-bond acceptors (Lipinski definition) is 8. The standard InChI is InChI=1S/C20H20FN7O2/c1-12(15-7-13(21)9-23-20(15)30-2)26-18-3-4-19-22-10-17(28(19)27-18)16-8-14(5-6-29)24-11-25-16/h3-4,7-12,29H,5-6H2,1-2H3,(H,26,27)/t12-/m1/s1. The molecule has 0 saturated carbocycles. The maximum absolute atomic E-state index is 13.7. The molecule has 0 saturated heterocycles. The van der Waals surface area contributed by atoms with Crippen LogP contribution in [-0.2, 0) is 6.42 Å². The topological polar surface area (TPSA) is 110 Å². The Labute approximate surface area is 171 Å². The molecule has 0 spiro atoms. The fourth-order valence-electron chi connectivity index (χ4n) is 3.14. The summed E-state index contributed by atoms with van der Waals surface area (Å²) in [6, 6.07) is 6.48. The van der Waals surface area contributed by atoms with Gasteiger partial charge in [0.05, 0.1) is 31.2 Å². The fraction of sp³-hybridized carbons (Fsp3) is 0.250. The highest BCUT2D eigenvalue weighted by molar-refractivity contribution is 5.60. The molecule has 0 radical (unpaired) electrons. The van der Waals surface area contributed by atoms with Crippen molar-refractivity contribution in [1.82, 2.24) is 29.5 Å². The number of aromatic nitrogens is 6. The van der Waals surface area contributed by atoms with Crippen LogP contribution in [0.25, 0.3) is 17.0 Å². The van der Waals surface area contributed by atoms with Crippen LogP contribution in [-0.4, -0.2) is 48.4 Å². The Hall–Kier alpha value is -3.66. The number of aliphatic hydroxyl groups excluding tert-OH is 1. The smallest absolute Gasteiger partial charge is 0.218 e. The Bertz CT molecular complexity index is 1180. The lowest BCUT2D eigenvalue weighted by Crippen LogP contribution is -2.12. The number of fused-ring (bicyclic) bond motifs is 1. The lowest BCUT2D eigenvalue weighted by molar-refractivity contribution is 0.298. The molecule has 0 fully saturated rings. The van der Waals surface area contributed by atoms with Gasteiger partial charge in [0.1, 0.15) is 23.7 Å². The van der Waals surface area contributed by atoms with E-state index in [0.717, 1.165) is 11.9 Å². The Balaban J connectivity index is 1.66. The van der Waals surface area contributed by atoms with Gasteiger partial charge < -0.3 is 15.2 Å². The molecular formula is C20H20FN7O2. The van der Waals surface area contributed by atoms with Gasteiger partial charge in [0.15, 0.2) is 5.65 Å². The summed E-state index contributed by atoms with van der Waals surface area (Å²) in [7, 11) is 1.49. The quantitative estimate of drug-likeness (QED) is 0.479. The van der Waals surface area contributed by atoms with Crippen molar-refractivity contribution in [3.05, 3.63) is 60.1 Å². The number of nitrogens with zero attached hydrogens (tertiary/aromatic N) is 6. The number of nitrogens with one attached hydrogen (secondary N) is 1. The molecule has 4 aromatic rings. The van der Waals surface area contributed by atoms with E-state index in [9.17, 15) is 4.39 Å². The third-order valence-electron chi connectivity index (χ3n) is 4.59. The summed E-state index contributed by atoms with van der Waals surface area (Å²) in [5, 5.41) is 17.0. The monoisotopic (exact) mass is 409 g/mol. The summed E-state index contributed by atoms with van der Waals surface area (Å²) in [6.07, 6.45) is 4.69. The molecule has 2 N–H and O–H groups in total. The van der Waals surface area contributed by atoms with Crippen LogP contribution in [0.2, 0.25) is 0 Å². The number of aliphatic hydroxyl groups is 1. The average molecular weight is 409 g/mol. The van der Waals surface area contributed by atoms with E-state index in [4.69, 9.17) is 9.84 Å². The number of rotatable bonds is 7. The molecule has 0 amide bonds. The second kappa shape index (κ2) is 8.37. The van der Waals surface area contributed by atoms with Gasteiger partial charge in [-0.2, -0.15) is 0 Å². The van der Waals surface area contributed by atoms with E-state index in [1.54, 1.807) is 22.8 Å². The number of anilines is 1. The molecule has 0 unspecified atom stereocenters. The highest BCUT2D eigenvalue weighted by Crippen LogP contribution is 2.26. The van der Waals surface area contributed by atoms with Gasteiger partial charge in [-0.25, -0.2) is 28.8 Å². The third kappa shape index (κ3) is 3.90. The first kappa shape index (κ1) is 19.6. The summed E-state index contributed by atoms with van der Waals surface area (Å²) >= 11 is 0. The maximum atomic E-state index is 13.7. The zero-order valence-corrected chi connectivity index (χ0v) is 16.4. The lowest BCUT2D eigenvalue weighted by atomic mass is 10.1. The van der Waals surface area contributed by atoms with Crippen LogP contribution in [0.3, 0.4) is 0 Å². The van der Waals surface area contributed by atoms with Crippen molar-refractivity contribution < 1.29 is 14.2 Å². The Kier molecular flexibility index (Phi) is 5.48. The van der Waals surface area contributed by atoms with Gasteiger partial charge in [0, 0.05) is 24.3 Å². The van der Waals surface area contributed by atoms with E-state index >= 15 is 0 Å². The number of imidazole rings is 1. The number of hydrogen-bond donors (Lipinski definition) is 2. The van der Waals surface area contributed by atoms with E-state index in [2.05, 4.69) is 30.4 Å². The number of ether oxygens (including phenoxy) is 1. The molecule has 4 heterocycles. The van der Waals surface area contributed by atoms with Crippen LogP contribution in [0.15, 0.2) is 43.0 Å². The Morgan fingerprint density at radius 2 is 2.03 bits per heavy atom. The number of pyridine rings is 1. The normalized spacial score (nSPS) is 12.1. The van der Waals surface area contributed by atoms with Crippen LogP contribution >= 0.6 is 0 Å². The minimum absolute atomic E-state index is 0.00616. The van der Waals surface area contributed by atoms with Crippen molar-refractivity contribution in [2.75, 3.05) is 19.0 Å². The molecule has 9 nitrogen and oxygen atoms in total. The molecule has 0 bridgehead atoms. The van der Waals surface area contributed by atoms with E-state index < -0.39 is 5.82 Å². The van der Waals surface area contributed by atoms with Crippen LogP contribution in [0.1, 0.15) is 24.2 Å². The first-order valence-electron chi connectivity index (χ1n) is 9.32. The summed E-state index contributed by atoms with van der Waals surface area (Å²) in [5.74, 6) is 0.464. The summed E-state index contributed by atoms with van der Waals surface area (Å²) in [4.78, 5) is 16.8. The molecule has 4 aromatic heterocycles. The minimum atomic E-state index is -0.442. The van der Waals surface area contributed by atoms with Gasteiger partial charge in [-0.05, 0) is 31.2 Å². The highest BCUT2D eigenvalue weighted by Gasteiger charge is 2.16. The molecule has 154 valence electrons. The second-order valence-electron chi connectivity index (χ2n) is 6.62. The van der Waals surface area contributed by atoms with Crippen molar-refractivity contribution in [2.45, 2.75) is 19.4 Å². The molecule has 1 atom stereocenters. The Morgan fingerprint density at radius 3 is 2.83 bits per heavy atom. The van der Waals surface area contributed by atoms with Crippen molar-refractivity contribution in [1.29, 1.82) is 0 Å². The molecule has 0 aromatic carbocycles. The van der Waals surface area contributed by atoms with Gasteiger partial charge in [-0.15, -0.1) is 5.10 Å². The minimum Gasteiger partial charge on any atom is -0.481 e. The van der Waals surface area contributed by atoms with Crippen molar-refractivity contribution in [3.8, 4) is 17.3 Å². The first-order valence-corrected chi connectivity index (χ1v) is 9.32. The first-order chi connectivity index (χ1) is 14.6. The van der Waals surface area contributed by atoms with Gasteiger partial charge in [0.25, 0.3) is 0 Å². The van der Waals surface area contributed by atoms with Crippen molar-refractivity contribution in [3.63, 3.8) is 0 Å². The van der Waals surface area contributed by atoms with Crippen LogP contribution in [0.5, 0.6) is 5.88 Å². The fourth-order valence-corrected chi connectivity index (χ4v) is 3.14. The van der Waals surface area contributed by atoms with Gasteiger partial charge in [0.2, 0.25) is 5.88 Å². The molecule has 0 aliphatic heterocycles. The van der Waals surface area contributed by atoms with E-state index in [-0.39, 0.29) is 12.6 Å². The number of methoxy groups -OCH3 is 1. The van der Waals surface area contributed by atoms with Crippen LogP contribution in [0.4, 0.5) is 10.2 Å². The lowest BCUT2D eigenvalue weighted by Gasteiger charge is -2.17. The molecule has 10 heteroatoms. The average Bonchev–Trinajstić information content (AvgIpc) is 3.17. The summed E-state index contributed by atoms with van der Waals surface area (Å²) in [5.41, 5.74) is 3.29. The molecule has 0 aliphatic carbocycles. The summed E-state index contributed by atoms with van der Waals surface area (Å²) in [6.45, 7) is 1.87. The van der Waals surface area contributed by atoms with Crippen LogP contribution in [0, 0.1) is 5.82 Å². The second-order valence-corrected chi connectivity index (χ2v) is 6.62. The molecular weight excluding hydrogens is 389 g/mol. The van der Waals surface area contributed by atoms with E-state index in [1.807, 2.05) is 13.0 Å².